The molecule has 0 atom stereocenters. The predicted octanol–water partition coefficient (Wildman–Crippen LogP) is 2.54. The van der Waals surface area contributed by atoms with Gasteiger partial charge in [0.1, 0.15) is 0 Å². The molecule has 0 saturated carbocycles. The molecule has 0 aliphatic heterocycles. The zero-order valence-electron chi connectivity index (χ0n) is 10.1. The number of carboxylic acids is 1. The van der Waals surface area contributed by atoms with E-state index >= 15 is 0 Å². The van der Waals surface area contributed by atoms with E-state index in [9.17, 15) is 4.79 Å². The van der Waals surface area contributed by atoms with Crippen LogP contribution in [0.15, 0.2) is 30.3 Å². The minimum Gasteiger partial charge on any atom is -0.476 e. The maximum absolute atomic E-state index is 10.6. The van der Waals surface area contributed by atoms with Gasteiger partial charge >= 0.3 is 5.97 Å². The van der Waals surface area contributed by atoms with Crippen LogP contribution in [0.5, 0.6) is 0 Å². The summed E-state index contributed by atoms with van der Waals surface area (Å²) in [6, 6.07) is 9.05. The molecule has 0 aliphatic rings. The van der Waals surface area contributed by atoms with Gasteiger partial charge in [0.15, 0.2) is 11.5 Å². The molecule has 2 aromatic rings. The first-order valence-corrected chi connectivity index (χ1v) is 5.47. The normalized spacial score (nSPS) is 10.1. The molecular formula is C13H13N3O2. The molecule has 0 spiro atoms. The highest BCUT2D eigenvalue weighted by molar-refractivity contribution is 5.85. The first-order valence-electron chi connectivity index (χ1n) is 5.47. The number of anilines is 2. The summed E-state index contributed by atoms with van der Waals surface area (Å²) in [6.07, 6.45) is 0. The van der Waals surface area contributed by atoms with Gasteiger partial charge in [-0.3, -0.25) is 0 Å². The van der Waals surface area contributed by atoms with Gasteiger partial charge in [-0.1, -0.05) is 6.07 Å². The van der Waals surface area contributed by atoms with Crippen molar-refractivity contribution in [1.82, 2.24) is 10.2 Å². The van der Waals surface area contributed by atoms with Crippen LogP contribution in [0.2, 0.25) is 0 Å². The molecule has 0 fully saturated rings. The van der Waals surface area contributed by atoms with E-state index in [2.05, 4.69) is 21.6 Å². The van der Waals surface area contributed by atoms with Crippen molar-refractivity contribution in [1.29, 1.82) is 0 Å². The second kappa shape index (κ2) is 4.83. The Balaban J connectivity index is 2.20. The highest BCUT2D eigenvalue weighted by Crippen LogP contribution is 2.17. The second-order valence-electron chi connectivity index (χ2n) is 4.11. The topological polar surface area (TPSA) is 75.1 Å². The number of aromatic carboxylic acids is 1. The third-order valence-electron chi connectivity index (χ3n) is 2.38. The third-order valence-corrected chi connectivity index (χ3v) is 2.38. The molecule has 18 heavy (non-hydrogen) atoms. The summed E-state index contributed by atoms with van der Waals surface area (Å²) < 4.78 is 0. The van der Waals surface area contributed by atoms with E-state index in [1.54, 1.807) is 6.07 Å². The van der Waals surface area contributed by atoms with Gasteiger partial charge in [0.05, 0.1) is 0 Å². The maximum Gasteiger partial charge on any atom is 0.356 e. The van der Waals surface area contributed by atoms with E-state index in [1.807, 2.05) is 26.0 Å². The number of rotatable bonds is 3. The Kier molecular flexibility index (Phi) is 3.23. The molecule has 5 nitrogen and oxygen atoms in total. The van der Waals surface area contributed by atoms with Crippen LogP contribution in [0.3, 0.4) is 0 Å². The Morgan fingerprint density at radius 3 is 2.28 bits per heavy atom. The van der Waals surface area contributed by atoms with E-state index in [1.165, 1.54) is 6.07 Å². The number of aromatic nitrogens is 2. The van der Waals surface area contributed by atoms with Crippen LogP contribution in [0.4, 0.5) is 11.5 Å². The Morgan fingerprint density at radius 2 is 1.78 bits per heavy atom. The molecule has 0 aliphatic carbocycles. The van der Waals surface area contributed by atoms with Crippen LogP contribution in [0, 0.1) is 13.8 Å². The van der Waals surface area contributed by atoms with E-state index in [0.29, 0.717) is 5.82 Å². The second-order valence-corrected chi connectivity index (χ2v) is 4.11. The zero-order valence-corrected chi connectivity index (χ0v) is 10.1. The lowest BCUT2D eigenvalue weighted by molar-refractivity contribution is 0.0689. The van der Waals surface area contributed by atoms with Crippen LogP contribution in [-0.2, 0) is 0 Å². The average molecular weight is 243 g/mol. The number of hydrogen-bond donors (Lipinski definition) is 2. The highest BCUT2D eigenvalue weighted by Gasteiger charge is 2.05. The van der Waals surface area contributed by atoms with Crippen LogP contribution in [0.1, 0.15) is 21.6 Å². The standard InChI is InChI=1S/C13H13N3O2/c1-8-5-9(2)7-10(6-8)14-12-4-3-11(13(17)18)15-16-12/h3-7H,1-2H3,(H,14,16)(H,17,18). The third kappa shape index (κ3) is 2.82. The number of benzene rings is 1. The predicted molar refractivity (Wildman–Crippen MR) is 68.2 cm³/mol. The van der Waals surface area contributed by atoms with Crippen molar-refractivity contribution >= 4 is 17.5 Å². The van der Waals surface area contributed by atoms with Crippen LogP contribution in [0.25, 0.3) is 0 Å². The summed E-state index contributed by atoms with van der Waals surface area (Å²) in [5, 5.41) is 19.2. The molecular weight excluding hydrogens is 230 g/mol. The summed E-state index contributed by atoms with van der Waals surface area (Å²) in [4.78, 5) is 10.6. The molecule has 1 aromatic carbocycles. The maximum atomic E-state index is 10.6. The lowest BCUT2D eigenvalue weighted by atomic mass is 10.1. The number of carboxylic acid groups (broad SMARTS) is 1. The molecule has 92 valence electrons. The fourth-order valence-electron chi connectivity index (χ4n) is 1.71. The lowest BCUT2D eigenvalue weighted by Gasteiger charge is -2.07. The minimum absolute atomic E-state index is 0.0685. The number of carbonyl (C=O) groups is 1. The quantitative estimate of drug-likeness (QED) is 0.866. The van der Waals surface area contributed by atoms with Crippen molar-refractivity contribution in [2.75, 3.05) is 5.32 Å². The molecule has 2 rings (SSSR count). The molecule has 0 bridgehead atoms. The van der Waals surface area contributed by atoms with E-state index in [-0.39, 0.29) is 5.69 Å². The minimum atomic E-state index is -1.08. The Hall–Kier alpha value is -2.43. The summed E-state index contributed by atoms with van der Waals surface area (Å²) in [5.41, 5.74) is 3.13. The van der Waals surface area contributed by atoms with Gasteiger partial charge in [-0.25, -0.2) is 4.79 Å². The molecule has 0 unspecified atom stereocenters. The van der Waals surface area contributed by atoms with Crippen molar-refractivity contribution < 1.29 is 9.90 Å². The largest absolute Gasteiger partial charge is 0.476 e. The van der Waals surface area contributed by atoms with Gasteiger partial charge in [0.25, 0.3) is 0 Å². The number of aryl methyl sites for hydroxylation is 2. The Morgan fingerprint density at radius 1 is 1.11 bits per heavy atom. The van der Waals surface area contributed by atoms with Gasteiger partial charge in [0, 0.05) is 5.69 Å². The molecule has 1 heterocycles. The van der Waals surface area contributed by atoms with Gasteiger partial charge < -0.3 is 10.4 Å². The van der Waals surface area contributed by atoms with Gasteiger partial charge in [-0.15, -0.1) is 10.2 Å². The van der Waals surface area contributed by atoms with Crippen LogP contribution < -0.4 is 5.32 Å². The number of nitrogens with one attached hydrogen (secondary N) is 1. The van der Waals surface area contributed by atoms with Crippen LogP contribution in [-0.4, -0.2) is 21.3 Å². The highest BCUT2D eigenvalue weighted by atomic mass is 16.4. The Labute approximate surface area is 104 Å². The summed E-state index contributed by atoms with van der Waals surface area (Å²) in [5.74, 6) is -0.564. The van der Waals surface area contributed by atoms with Crippen molar-refractivity contribution in [2.45, 2.75) is 13.8 Å². The average Bonchev–Trinajstić information content (AvgIpc) is 2.28. The first kappa shape index (κ1) is 12.0. The van der Waals surface area contributed by atoms with Crippen molar-refractivity contribution in [3.05, 3.63) is 47.2 Å². The van der Waals surface area contributed by atoms with Gasteiger partial charge in [0.2, 0.25) is 0 Å². The lowest BCUT2D eigenvalue weighted by Crippen LogP contribution is -2.03. The summed E-state index contributed by atoms with van der Waals surface area (Å²) in [6.45, 7) is 4.02. The summed E-state index contributed by atoms with van der Waals surface area (Å²) >= 11 is 0. The molecule has 0 radical (unpaired) electrons. The monoisotopic (exact) mass is 243 g/mol. The van der Waals surface area contributed by atoms with Crippen molar-refractivity contribution in [2.24, 2.45) is 0 Å². The SMILES string of the molecule is Cc1cc(C)cc(Nc2ccc(C(=O)O)nn2)c1. The van der Waals surface area contributed by atoms with Crippen molar-refractivity contribution in [3.63, 3.8) is 0 Å². The smallest absolute Gasteiger partial charge is 0.356 e. The number of nitrogens with zero attached hydrogens (tertiary/aromatic N) is 2. The van der Waals surface area contributed by atoms with Gasteiger partial charge in [-0.2, -0.15) is 0 Å². The first-order chi connectivity index (χ1) is 8.54. The zero-order chi connectivity index (χ0) is 13.1. The van der Waals surface area contributed by atoms with Crippen molar-refractivity contribution in [3.8, 4) is 0 Å². The van der Waals surface area contributed by atoms with E-state index < -0.39 is 5.97 Å². The Bertz CT molecular complexity index is 559. The number of hydrogen-bond acceptors (Lipinski definition) is 4. The molecule has 0 amide bonds. The fourth-order valence-corrected chi connectivity index (χ4v) is 1.71. The van der Waals surface area contributed by atoms with E-state index in [4.69, 9.17) is 5.11 Å². The molecule has 2 N–H and O–H groups in total. The van der Waals surface area contributed by atoms with Gasteiger partial charge in [-0.05, 0) is 49.2 Å². The molecule has 1 aromatic heterocycles. The summed E-state index contributed by atoms with van der Waals surface area (Å²) in [7, 11) is 0. The van der Waals surface area contributed by atoms with E-state index in [0.717, 1.165) is 16.8 Å². The molecule has 5 heteroatoms. The van der Waals surface area contributed by atoms with Crippen LogP contribution >= 0.6 is 0 Å². The molecule has 0 saturated heterocycles. The fraction of sp³-hybridized carbons (Fsp3) is 0.154.